The molecule has 1 aromatic rings. The highest BCUT2D eigenvalue weighted by Gasteiger charge is 2.39. The highest BCUT2D eigenvalue weighted by Crippen LogP contribution is 2.48. The minimum absolute atomic E-state index is 0.0220. The fourth-order valence-corrected chi connectivity index (χ4v) is 4.35. The number of aromatic nitrogens is 2. The fraction of sp³-hybridized carbons (Fsp3) is 0.765. The van der Waals surface area contributed by atoms with E-state index in [1.165, 1.54) is 25.7 Å². The standard InChI is InChI=1S/C17H26BrN3/c1-17(2,3)16-19-14(18)9-15(20-16)21(4)10-13-8-11-5-6-12(13)7-11/h9,11-13H,5-8,10H2,1-4H3. The third-order valence-corrected chi connectivity index (χ3v) is 5.54. The minimum Gasteiger partial charge on any atom is -0.359 e. The topological polar surface area (TPSA) is 29.0 Å². The van der Waals surface area contributed by atoms with Crippen LogP contribution in [0, 0.1) is 17.8 Å². The molecule has 2 aliphatic rings. The van der Waals surface area contributed by atoms with Crippen molar-refractivity contribution in [2.75, 3.05) is 18.5 Å². The van der Waals surface area contributed by atoms with Gasteiger partial charge in [0, 0.05) is 25.1 Å². The summed E-state index contributed by atoms with van der Waals surface area (Å²) in [6.07, 6.45) is 5.81. The number of hydrogen-bond acceptors (Lipinski definition) is 3. The molecule has 116 valence electrons. The van der Waals surface area contributed by atoms with Gasteiger partial charge in [-0.3, -0.25) is 0 Å². The lowest BCUT2D eigenvalue weighted by atomic mass is 9.88. The van der Waals surface area contributed by atoms with Crippen LogP contribution in [0.2, 0.25) is 0 Å². The summed E-state index contributed by atoms with van der Waals surface area (Å²) in [4.78, 5) is 11.7. The second kappa shape index (κ2) is 5.53. The molecule has 1 aromatic heterocycles. The SMILES string of the molecule is CN(CC1CC2CCC1C2)c1cc(Br)nc(C(C)(C)C)n1. The van der Waals surface area contributed by atoms with Gasteiger partial charge in [-0.1, -0.05) is 27.2 Å². The number of nitrogens with zero attached hydrogens (tertiary/aromatic N) is 3. The first-order valence-electron chi connectivity index (χ1n) is 8.09. The average Bonchev–Trinajstić information content (AvgIpc) is 2.99. The molecular weight excluding hydrogens is 326 g/mol. The summed E-state index contributed by atoms with van der Waals surface area (Å²) >= 11 is 3.54. The van der Waals surface area contributed by atoms with E-state index in [0.29, 0.717) is 0 Å². The van der Waals surface area contributed by atoms with E-state index in [1.54, 1.807) is 0 Å². The third-order valence-electron chi connectivity index (χ3n) is 5.14. The van der Waals surface area contributed by atoms with Crippen LogP contribution in [-0.4, -0.2) is 23.6 Å². The normalized spacial score (nSPS) is 28.1. The predicted octanol–water partition coefficient (Wildman–Crippen LogP) is 4.41. The Hall–Kier alpha value is -0.640. The second-order valence-corrected chi connectivity index (χ2v) is 8.75. The molecule has 0 N–H and O–H groups in total. The van der Waals surface area contributed by atoms with Crippen LogP contribution in [0.15, 0.2) is 10.7 Å². The molecule has 3 rings (SSSR count). The van der Waals surface area contributed by atoms with Gasteiger partial charge in [0.2, 0.25) is 0 Å². The average molecular weight is 352 g/mol. The summed E-state index contributed by atoms with van der Waals surface area (Å²) in [5.74, 6) is 4.79. The van der Waals surface area contributed by atoms with Crippen LogP contribution in [0.5, 0.6) is 0 Å². The van der Waals surface area contributed by atoms with Crippen molar-refractivity contribution < 1.29 is 0 Å². The van der Waals surface area contributed by atoms with Gasteiger partial charge >= 0.3 is 0 Å². The fourth-order valence-electron chi connectivity index (χ4n) is 3.98. The number of rotatable bonds is 3. The molecule has 3 atom stereocenters. The van der Waals surface area contributed by atoms with Crippen molar-refractivity contribution in [3.63, 3.8) is 0 Å². The van der Waals surface area contributed by atoms with E-state index in [4.69, 9.17) is 4.98 Å². The van der Waals surface area contributed by atoms with Crippen molar-refractivity contribution in [2.24, 2.45) is 17.8 Å². The summed E-state index contributed by atoms with van der Waals surface area (Å²) in [5.41, 5.74) is -0.0220. The molecule has 2 fully saturated rings. The van der Waals surface area contributed by atoms with Crippen LogP contribution < -0.4 is 4.90 Å². The first-order chi connectivity index (χ1) is 9.83. The zero-order chi connectivity index (χ0) is 15.2. The zero-order valence-corrected chi connectivity index (χ0v) is 15.2. The second-order valence-electron chi connectivity index (χ2n) is 7.94. The molecule has 4 heteroatoms. The van der Waals surface area contributed by atoms with E-state index in [1.807, 2.05) is 6.07 Å². The van der Waals surface area contributed by atoms with E-state index < -0.39 is 0 Å². The molecule has 0 aliphatic heterocycles. The number of halogens is 1. The summed E-state index contributed by atoms with van der Waals surface area (Å²) in [6, 6.07) is 2.04. The van der Waals surface area contributed by atoms with Crippen molar-refractivity contribution >= 4 is 21.7 Å². The maximum atomic E-state index is 4.79. The molecular formula is C17H26BrN3. The van der Waals surface area contributed by atoms with Crippen molar-refractivity contribution in [2.45, 2.75) is 51.9 Å². The van der Waals surface area contributed by atoms with Gasteiger partial charge < -0.3 is 4.90 Å². The van der Waals surface area contributed by atoms with Gasteiger partial charge in [0.05, 0.1) is 0 Å². The molecule has 0 amide bonds. The van der Waals surface area contributed by atoms with Gasteiger partial charge in [-0.15, -0.1) is 0 Å². The van der Waals surface area contributed by atoms with Crippen LogP contribution in [0.25, 0.3) is 0 Å². The molecule has 2 aliphatic carbocycles. The van der Waals surface area contributed by atoms with Gasteiger partial charge in [-0.25, -0.2) is 9.97 Å². The molecule has 2 saturated carbocycles. The van der Waals surface area contributed by atoms with Crippen molar-refractivity contribution in [1.82, 2.24) is 9.97 Å². The summed E-state index contributed by atoms with van der Waals surface area (Å²) in [6.45, 7) is 7.62. The van der Waals surface area contributed by atoms with E-state index in [9.17, 15) is 0 Å². The molecule has 3 unspecified atom stereocenters. The zero-order valence-electron chi connectivity index (χ0n) is 13.6. The van der Waals surface area contributed by atoms with Gasteiger partial charge in [0.1, 0.15) is 16.2 Å². The lowest BCUT2D eigenvalue weighted by molar-refractivity contribution is 0.337. The van der Waals surface area contributed by atoms with Crippen LogP contribution >= 0.6 is 15.9 Å². The smallest absolute Gasteiger partial charge is 0.137 e. The maximum Gasteiger partial charge on any atom is 0.137 e. The Kier molecular flexibility index (Phi) is 4.02. The van der Waals surface area contributed by atoms with E-state index in [0.717, 1.165) is 40.5 Å². The molecule has 21 heavy (non-hydrogen) atoms. The molecule has 3 nitrogen and oxygen atoms in total. The summed E-state index contributed by atoms with van der Waals surface area (Å²) in [7, 11) is 2.17. The molecule has 1 heterocycles. The molecule has 2 bridgehead atoms. The number of fused-ring (bicyclic) bond motifs is 2. The Morgan fingerprint density at radius 2 is 2.00 bits per heavy atom. The quantitative estimate of drug-likeness (QED) is 0.755. The Labute approximate surface area is 136 Å². The van der Waals surface area contributed by atoms with Crippen LogP contribution in [0.3, 0.4) is 0 Å². The van der Waals surface area contributed by atoms with Crippen molar-refractivity contribution in [1.29, 1.82) is 0 Å². The maximum absolute atomic E-state index is 4.79. The Morgan fingerprint density at radius 1 is 1.24 bits per heavy atom. The molecule has 0 spiro atoms. The number of hydrogen-bond donors (Lipinski definition) is 0. The van der Waals surface area contributed by atoms with E-state index >= 15 is 0 Å². The predicted molar refractivity (Wildman–Crippen MR) is 90.6 cm³/mol. The Balaban J connectivity index is 1.75. The van der Waals surface area contributed by atoms with Gasteiger partial charge in [0.15, 0.2) is 0 Å². The number of anilines is 1. The first kappa shape index (κ1) is 15.3. The summed E-state index contributed by atoms with van der Waals surface area (Å²) < 4.78 is 0.886. The van der Waals surface area contributed by atoms with Crippen molar-refractivity contribution in [3.8, 4) is 0 Å². The minimum atomic E-state index is -0.0220. The highest BCUT2D eigenvalue weighted by atomic mass is 79.9. The van der Waals surface area contributed by atoms with Gasteiger partial charge in [-0.05, 0) is 52.9 Å². The lowest BCUT2D eigenvalue weighted by Crippen LogP contribution is -2.30. The van der Waals surface area contributed by atoms with Crippen molar-refractivity contribution in [3.05, 3.63) is 16.5 Å². The first-order valence-corrected chi connectivity index (χ1v) is 8.88. The Morgan fingerprint density at radius 3 is 2.57 bits per heavy atom. The van der Waals surface area contributed by atoms with Crippen LogP contribution in [0.1, 0.15) is 52.3 Å². The molecule has 0 aromatic carbocycles. The van der Waals surface area contributed by atoms with E-state index in [-0.39, 0.29) is 5.41 Å². The van der Waals surface area contributed by atoms with Gasteiger partial charge in [-0.2, -0.15) is 0 Å². The summed E-state index contributed by atoms with van der Waals surface area (Å²) in [5, 5.41) is 0. The lowest BCUT2D eigenvalue weighted by Gasteiger charge is -2.28. The van der Waals surface area contributed by atoms with Crippen LogP contribution in [-0.2, 0) is 5.41 Å². The largest absolute Gasteiger partial charge is 0.359 e. The molecule has 0 saturated heterocycles. The third kappa shape index (κ3) is 3.25. The highest BCUT2D eigenvalue weighted by molar-refractivity contribution is 9.10. The van der Waals surface area contributed by atoms with Crippen LogP contribution in [0.4, 0.5) is 5.82 Å². The monoisotopic (exact) mass is 351 g/mol. The van der Waals surface area contributed by atoms with E-state index in [2.05, 4.69) is 53.6 Å². The molecule has 0 radical (unpaired) electrons. The Bertz CT molecular complexity index is 523. The van der Waals surface area contributed by atoms with Gasteiger partial charge in [0.25, 0.3) is 0 Å².